The molecule has 0 aliphatic heterocycles. The van der Waals surface area contributed by atoms with Crippen molar-refractivity contribution in [1.82, 2.24) is 5.32 Å². The first-order chi connectivity index (χ1) is 12.9. The van der Waals surface area contributed by atoms with E-state index in [1.807, 2.05) is 24.3 Å². The summed E-state index contributed by atoms with van der Waals surface area (Å²) in [4.78, 5) is 12.4. The van der Waals surface area contributed by atoms with Crippen LogP contribution in [0.5, 0.6) is 5.75 Å². The average Bonchev–Trinajstić information content (AvgIpc) is 2.62. The third-order valence-electron chi connectivity index (χ3n) is 4.07. The molecule has 0 radical (unpaired) electrons. The van der Waals surface area contributed by atoms with Gasteiger partial charge in [0.25, 0.3) is 0 Å². The van der Waals surface area contributed by atoms with Crippen LogP contribution in [0.2, 0.25) is 5.02 Å². The van der Waals surface area contributed by atoms with Crippen LogP contribution in [-0.2, 0) is 10.5 Å². The van der Waals surface area contributed by atoms with Gasteiger partial charge in [-0.05, 0) is 47.7 Å². The summed E-state index contributed by atoms with van der Waals surface area (Å²) in [5.41, 5.74) is 1.60. The predicted octanol–water partition coefficient (Wildman–Crippen LogP) is 5.62. The van der Waals surface area contributed by atoms with Gasteiger partial charge in [-0.25, -0.2) is 4.39 Å². The molecule has 2 rings (SSSR count). The first-order valence-corrected chi connectivity index (χ1v) is 10.4. The highest BCUT2D eigenvalue weighted by Crippen LogP contribution is 2.24. The quantitative estimate of drug-likeness (QED) is 0.583. The van der Waals surface area contributed by atoms with Crippen LogP contribution in [0.25, 0.3) is 0 Å². The van der Waals surface area contributed by atoms with E-state index in [9.17, 15) is 9.18 Å². The van der Waals surface area contributed by atoms with E-state index in [1.165, 1.54) is 17.8 Å². The van der Waals surface area contributed by atoms with Crippen molar-refractivity contribution in [3.63, 3.8) is 0 Å². The smallest absolute Gasteiger partial charge is 0.230 e. The first-order valence-electron chi connectivity index (χ1n) is 8.84. The van der Waals surface area contributed by atoms with Gasteiger partial charge in [-0.1, -0.05) is 43.6 Å². The second-order valence-corrected chi connectivity index (χ2v) is 8.17. The normalized spacial score (nSPS) is 12.1. The largest absolute Gasteiger partial charge is 0.497 e. The molecule has 0 aliphatic carbocycles. The number of nitrogens with one attached hydrogen (secondary N) is 1. The zero-order chi connectivity index (χ0) is 19.8. The average molecular weight is 410 g/mol. The number of benzene rings is 2. The molecular weight excluding hydrogens is 385 g/mol. The molecule has 0 saturated heterocycles. The van der Waals surface area contributed by atoms with E-state index in [2.05, 4.69) is 19.2 Å². The predicted molar refractivity (Wildman–Crippen MR) is 111 cm³/mol. The lowest BCUT2D eigenvalue weighted by atomic mass is 9.97. The highest BCUT2D eigenvalue weighted by Gasteiger charge is 2.16. The zero-order valence-electron chi connectivity index (χ0n) is 15.8. The van der Waals surface area contributed by atoms with E-state index in [-0.39, 0.29) is 23.5 Å². The highest BCUT2D eigenvalue weighted by molar-refractivity contribution is 7.99. The van der Waals surface area contributed by atoms with E-state index in [4.69, 9.17) is 16.3 Å². The lowest BCUT2D eigenvalue weighted by molar-refractivity contribution is -0.119. The minimum atomic E-state index is -0.341. The lowest BCUT2D eigenvalue weighted by Gasteiger charge is -2.21. The van der Waals surface area contributed by atoms with Crippen molar-refractivity contribution in [3.05, 3.63) is 64.4 Å². The fourth-order valence-corrected chi connectivity index (χ4v) is 3.70. The molecule has 3 nitrogen and oxygen atoms in total. The number of amides is 1. The van der Waals surface area contributed by atoms with Gasteiger partial charge in [0, 0.05) is 10.8 Å². The Kier molecular flexibility index (Phi) is 8.45. The first kappa shape index (κ1) is 21.6. The molecule has 1 amide bonds. The van der Waals surface area contributed by atoms with Crippen molar-refractivity contribution in [1.29, 1.82) is 0 Å². The molecule has 0 unspecified atom stereocenters. The maximum absolute atomic E-state index is 13.8. The lowest BCUT2D eigenvalue weighted by Crippen LogP contribution is -2.30. The van der Waals surface area contributed by atoms with Gasteiger partial charge in [0.2, 0.25) is 5.91 Å². The summed E-state index contributed by atoms with van der Waals surface area (Å²) in [5, 5.41) is 3.47. The van der Waals surface area contributed by atoms with Gasteiger partial charge in [-0.3, -0.25) is 4.79 Å². The molecule has 0 aromatic heterocycles. The number of hydrogen-bond donors (Lipinski definition) is 1. The minimum Gasteiger partial charge on any atom is -0.497 e. The van der Waals surface area contributed by atoms with Crippen LogP contribution in [0, 0.1) is 11.7 Å². The third kappa shape index (κ3) is 7.07. The van der Waals surface area contributed by atoms with Crippen LogP contribution >= 0.6 is 23.4 Å². The van der Waals surface area contributed by atoms with Crippen LogP contribution in [0.15, 0.2) is 42.5 Å². The van der Waals surface area contributed by atoms with Gasteiger partial charge in [0.1, 0.15) is 11.6 Å². The van der Waals surface area contributed by atoms with Crippen molar-refractivity contribution < 1.29 is 13.9 Å². The Balaban J connectivity index is 1.92. The molecular formula is C21H25ClFNO2S. The second kappa shape index (κ2) is 10.6. The van der Waals surface area contributed by atoms with Crippen LogP contribution in [0.1, 0.15) is 37.4 Å². The zero-order valence-corrected chi connectivity index (χ0v) is 17.4. The van der Waals surface area contributed by atoms with Gasteiger partial charge in [0.15, 0.2) is 0 Å². The molecule has 0 spiro atoms. The van der Waals surface area contributed by atoms with Crippen LogP contribution in [-0.4, -0.2) is 18.8 Å². The van der Waals surface area contributed by atoms with Crippen molar-refractivity contribution in [2.45, 2.75) is 32.1 Å². The Hall–Kier alpha value is -1.72. The van der Waals surface area contributed by atoms with Crippen LogP contribution in [0.4, 0.5) is 4.39 Å². The summed E-state index contributed by atoms with van der Waals surface area (Å²) < 4.78 is 19.0. The molecule has 0 heterocycles. The van der Waals surface area contributed by atoms with Crippen molar-refractivity contribution >= 4 is 29.3 Å². The number of carbonyl (C=O) groups excluding carboxylic acids is 1. The van der Waals surface area contributed by atoms with Gasteiger partial charge in [-0.15, -0.1) is 11.8 Å². The standard InChI is InChI=1S/C21H25ClFNO2S/c1-14(2)10-20(15-5-8-18(26-3)9-6-15)24-21(25)13-27-12-16-4-7-17(22)11-19(16)23/h4-9,11,14,20H,10,12-13H2,1-3H3,(H,24,25)/t20-/m0/s1. The minimum absolute atomic E-state index is 0.0590. The molecule has 2 aromatic carbocycles. The summed E-state index contributed by atoms with van der Waals surface area (Å²) in [6, 6.07) is 12.3. The number of carbonyl (C=O) groups is 1. The maximum atomic E-state index is 13.8. The molecule has 1 N–H and O–H groups in total. The molecule has 1 atom stereocenters. The summed E-state index contributed by atoms with van der Waals surface area (Å²) in [5.74, 6) is 1.52. The van der Waals surface area contributed by atoms with E-state index in [0.717, 1.165) is 17.7 Å². The Bertz CT molecular complexity index is 752. The third-order valence-corrected chi connectivity index (χ3v) is 5.28. The number of thioether (sulfide) groups is 1. The Labute approximate surface area is 169 Å². The van der Waals surface area contributed by atoms with Crippen LogP contribution < -0.4 is 10.1 Å². The molecule has 0 fully saturated rings. The maximum Gasteiger partial charge on any atom is 0.230 e. The second-order valence-electron chi connectivity index (χ2n) is 6.75. The fourth-order valence-electron chi connectivity index (χ4n) is 2.71. The van der Waals surface area contributed by atoms with Gasteiger partial charge < -0.3 is 10.1 Å². The van der Waals surface area contributed by atoms with E-state index in [1.54, 1.807) is 19.2 Å². The number of rotatable bonds is 9. The molecule has 2 aromatic rings. The Morgan fingerprint density at radius 3 is 2.52 bits per heavy atom. The topological polar surface area (TPSA) is 38.3 Å². The molecule has 146 valence electrons. The molecule has 0 saturated carbocycles. The van der Waals surface area contributed by atoms with Crippen molar-refractivity contribution in [3.8, 4) is 5.75 Å². The number of ether oxygens (including phenoxy) is 1. The van der Waals surface area contributed by atoms with E-state index >= 15 is 0 Å². The van der Waals surface area contributed by atoms with Gasteiger partial charge in [0.05, 0.1) is 18.9 Å². The molecule has 0 aliphatic rings. The van der Waals surface area contributed by atoms with Gasteiger partial charge in [-0.2, -0.15) is 0 Å². The SMILES string of the molecule is COc1ccc([C@H](CC(C)C)NC(=O)CSCc2ccc(Cl)cc2F)cc1. The fraction of sp³-hybridized carbons (Fsp3) is 0.381. The molecule has 0 bridgehead atoms. The Morgan fingerprint density at radius 1 is 1.22 bits per heavy atom. The number of methoxy groups -OCH3 is 1. The van der Waals surface area contributed by atoms with Crippen LogP contribution in [0.3, 0.4) is 0 Å². The summed E-state index contributed by atoms with van der Waals surface area (Å²) in [6.07, 6.45) is 0.842. The van der Waals surface area contributed by atoms with E-state index in [0.29, 0.717) is 22.3 Å². The summed E-state index contributed by atoms with van der Waals surface area (Å²) in [6.45, 7) is 4.25. The molecule has 6 heteroatoms. The summed E-state index contributed by atoms with van der Waals surface area (Å²) in [7, 11) is 1.63. The Morgan fingerprint density at radius 2 is 1.93 bits per heavy atom. The number of hydrogen-bond acceptors (Lipinski definition) is 3. The molecule has 27 heavy (non-hydrogen) atoms. The summed E-state index contributed by atoms with van der Waals surface area (Å²) >= 11 is 7.14. The monoisotopic (exact) mass is 409 g/mol. The van der Waals surface area contributed by atoms with Crippen molar-refractivity contribution in [2.75, 3.05) is 12.9 Å². The van der Waals surface area contributed by atoms with Gasteiger partial charge >= 0.3 is 0 Å². The highest BCUT2D eigenvalue weighted by atomic mass is 35.5. The van der Waals surface area contributed by atoms with Crippen molar-refractivity contribution in [2.24, 2.45) is 5.92 Å². The number of halogens is 2. The van der Waals surface area contributed by atoms with E-state index < -0.39 is 0 Å².